The molecule has 1 aromatic carbocycles. The minimum atomic E-state index is 0.346. The lowest BCUT2D eigenvalue weighted by atomic mass is 10.1. The quantitative estimate of drug-likeness (QED) is 0.587. The molecule has 4 nitrogen and oxygen atoms in total. The summed E-state index contributed by atoms with van der Waals surface area (Å²) < 4.78 is 0.346. The highest BCUT2D eigenvalue weighted by Gasteiger charge is 2.29. The zero-order valence-electron chi connectivity index (χ0n) is 15.6. The van der Waals surface area contributed by atoms with Crippen LogP contribution in [-0.2, 0) is 13.1 Å². The van der Waals surface area contributed by atoms with Gasteiger partial charge >= 0.3 is 0 Å². The van der Waals surface area contributed by atoms with Crippen molar-refractivity contribution in [1.29, 1.82) is 0 Å². The van der Waals surface area contributed by atoms with Crippen LogP contribution in [-0.4, -0.2) is 48.5 Å². The maximum absolute atomic E-state index is 4.81. The number of thioether (sulfide) groups is 1. The maximum atomic E-state index is 4.81. The molecule has 2 rings (SSSR count). The predicted molar refractivity (Wildman–Crippen MR) is 107 cm³/mol. The summed E-state index contributed by atoms with van der Waals surface area (Å²) in [5, 5.41) is 6.91. The zero-order chi connectivity index (χ0) is 17.4. The molecule has 0 amide bonds. The van der Waals surface area contributed by atoms with Gasteiger partial charge in [0.2, 0.25) is 0 Å². The molecule has 0 bridgehead atoms. The molecule has 5 heteroatoms. The van der Waals surface area contributed by atoms with Crippen molar-refractivity contribution in [2.45, 2.75) is 44.5 Å². The summed E-state index contributed by atoms with van der Waals surface area (Å²) in [5.41, 5.74) is 2.64. The van der Waals surface area contributed by atoms with Gasteiger partial charge in [0.25, 0.3) is 0 Å². The van der Waals surface area contributed by atoms with E-state index in [1.807, 2.05) is 0 Å². The predicted octanol–water partition coefficient (Wildman–Crippen LogP) is 3.09. The second-order valence-electron chi connectivity index (χ2n) is 6.96. The van der Waals surface area contributed by atoms with Crippen molar-refractivity contribution in [2.75, 3.05) is 32.9 Å². The van der Waals surface area contributed by atoms with Gasteiger partial charge in [0.1, 0.15) is 0 Å². The summed E-state index contributed by atoms with van der Waals surface area (Å²) in [4.78, 5) is 7.01. The first kappa shape index (κ1) is 19.1. The molecule has 1 unspecified atom stereocenters. The Morgan fingerprint density at radius 3 is 2.62 bits per heavy atom. The van der Waals surface area contributed by atoms with Crippen molar-refractivity contribution in [2.24, 2.45) is 4.99 Å². The molecule has 1 aromatic rings. The maximum Gasteiger partial charge on any atom is 0.191 e. The van der Waals surface area contributed by atoms with E-state index in [2.05, 4.69) is 79.5 Å². The van der Waals surface area contributed by atoms with Gasteiger partial charge in [-0.1, -0.05) is 24.3 Å². The van der Waals surface area contributed by atoms with Crippen LogP contribution in [0, 0.1) is 0 Å². The Morgan fingerprint density at radius 1 is 1.25 bits per heavy atom. The van der Waals surface area contributed by atoms with E-state index in [0.717, 1.165) is 25.6 Å². The van der Waals surface area contributed by atoms with Crippen LogP contribution in [0.25, 0.3) is 0 Å². The average Bonchev–Trinajstić information content (AvgIpc) is 2.98. The van der Waals surface area contributed by atoms with Gasteiger partial charge in [-0.15, -0.1) is 0 Å². The highest BCUT2D eigenvalue weighted by molar-refractivity contribution is 8.00. The minimum Gasteiger partial charge on any atom is -0.357 e. The third-order valence-corrected chi connectivity index (χ3v) is 5.83. The number of nitrogens with one attached hydrogen (secondary N) is 2. The lowest BCUT2D eigenvalue weighted by molar-refractivity contribution is 0.401. The standard InChI is InChI=1S/C19H32N4S/c1-5-20-18(22-15-19(2)11-8-12-24-19)21-13-16-9-6-7-10-17(16)14-23(3)4/h6-7,9-10H,5,8,11-15H2,1-4H3,(H2,20,21,22). The number of hydrogen-bond donors (Lipinski definition) is 2. The fraction of sp³-hybridized carbons (Fsp3) is 0.632. The van der Waals surface area contributed by atoms with Gasteiger partial charge in [-0.3, -0.25) is 0 Å². The molecule has 134 valence electrons. The van der Waals surface area contributed by atoms with Crippen molar-refractivity contribution in [1.82, 2.24) is 15.5 Å². The van der Waals surface area contributed by atoms with Crippen molar-refractivity contribution in [3.8, 4) is 0 Å². The Labute approximate surface area is 151 Å². The molecule has 1 atom stereocenters. The summed E-state index contributed by atoms with van der Waals surface area (Å²) in [7, 11) is 4.21. The van der Waals surface area contributed by atoms with Crippen LogP contribution in [0.1, 0.15) is 37.8 Å². The summed E-state index contributed by atoms with van der Waals surface area (Å²) >= 11 is 2.08. The Hall–Kier alpha value is -1.20. The second-order valence-corrected chi connectivity index (χ2v) is 8.64. The van der Waals surface area contributed by atoms with Gasteiger partial charge in [-0.2, -0.15) is 11.8 Å². The van der Waals surface area contributed by atoms with E-state index in [9.17, 15) is 0 Å². The fourth-order valence-electron chi connectivity index (χ4n) is 2.96. The molecule has 0 saturated carbocycles. The minimum absolute atomic E-state index is 0.346. The smallest absolute Gasteiger partial charge is 0.191 e. The SMILES string of the molecule is CCNC(=NCc1ccccc1CN(C)C)NCC1(C)CCCS1. The van der Waals surface area contributed by atoms with Crippen LogP contribution in [0.2, 0.25) is 0 Å². The molecule has 0 aromatic heterocycles. The zero-order valence-corrected chi connectivity index (χ0v) is 16.4. The second kappa shape index (κ2) is 9.33. The number of guanidine groups is 1. The van der Waals surface area contributed by atoms with Crippen molar-refractivity contribution >= 4 is 17.7 Å². The number of rotatable bonds is 7. The van der Waals surface area contributed by atoms with E-state index in [0.29, 0.717) is 11.3 Å². The van der Waals surface area contributed by atoms with Crippen LogP contribution in [0.5, 0.6) is 0 Å². The van der Waals surface area contributed by atoms with E-state index < -0.39 is 0 Å². The average molecular weight is 349 g/mol. The number of aliphatic imine (C=N–C) groups is 1. The van der Waals surface area contributed by atoms with E-state index in [1.165, 1.54) is 29.7 Å². The molecule has 1 heterocycles. The molecule has 1 saturated heterocycles. The summed E-state index contributed by atoms with van der Waals surface area (Å²) in [6.07, 6.45) is 2.62. The highest BCUT2D eigenvalue weighted by atomic mass is 32.2. The van der Waals surface area contributed by atoms with Crippen molar-refractivity contribution in [3.05, 3.63) is 35.4 Å². The summed E-state index contributed by atoms with van der Waals surface area (Å²) in [5.74, 6) is 2.20. The van der Waals surface area contributed by atoms with Gasteiger partial charge in [0, 0.05) is 24.4 Å². The topological polar surface area (TPSA) is 39.7 Å². The highest BCUT2D eigenvalue weighted by Crippen LogP contribution is 2.36. The lowest BCUT2D eigenvalue weighted by Gasteiger charge is -2.24. The molecule has 0 radical (unpaired) electrons. The lowest BCUT2D eigenvalue weighted by Crippen LogP contribution is -2.43. The van der Waals surface area contributed by atoms with Crippen molar-refractivity contribution < 1.29 is 0 Å². The van der Waals surface area contributed by atoms with E-state index >= 15 is 0 Å². The molecule has 1 aliphatic rings. The van der Waals surface area contributed by atoms with Crippen molar-refractivity contribution in [3.63, 3.8) is 0 Å². The van der Waals surface area contributed by atoms with Gasteiger partial charge in [0.15, 0.2) is 5.96 Å². The first-order valence-electron chi connectivity index (χ1n) is 8.90. The van der Waals surface area contributed by atoms with Crippen LogP contribution >= 0.6 is 11.8 Å². The van der Waals surface area contributed by atoms with Crippen LogP contribution in [0.15, 0.2) is 29.3 Å². The Bertz CT molecular complexity index is 536. The van der Waals surface area contributed by atoms with Gasteiger partial charge < -0.3 is 15.5 Å². The molecular weight excluding hydrogens is 316 g/mol. The Morgan fingerprint density at radius 2 is 2.00 bits per heavy atom. The number of benzene rings is 1. The third-order valence-electron chi connectivity index (χ3n) is 4.29. The summed E-state index contributed by atoms with van der Waals surface area (Å²) in [6.45, 7) is 7.99. The Kier molecular flexibility index (Phi) is 7.43. The van der Waals surface area contributed by atoms with Gasteiger partial charge in [0.05, 0.1) is 6.54 Å². The van der Waals surface area contributed by atoms with E-state index in [1.54, 1.807) is 0 Å². The van der Waals surface area contributed by atoms with Gasteiger partial charge in [-0.05, 0) is 57.7 Å². The number of nitrogens with zero attached hydrogens (tertiary/aromatic N) is 2. The molecule has 0 spiro atoms. The molecule has 1 fully saturated rings. The monoisotopic (exact) mass is 348 g/mol. The third kappa shape index (κ3) is 6.02. The molecule has 0 aliphatic carbocycles. The van der Waals surface area contributed by atoms with Crippen LogP contribution in [0.4, 0.5) is 0 Å². The largest absolute Gasteiger partial charge is 0.357 e. The van der Waals surface area contributed by atoms with Gasteiger partial charge in [-0.25, -0.2) is 4.99 Å². The first-order chi connectivity index (χ1) is 11.5. The van der Waals surface area contributed by atoms with Crippen LogP contribution in [0.3, 0.4) is 0 Å². The normalized spacial score (nSPS) is 21.3. The summed E-state index contributed by atoms with van der Waals surface area (Å²) in [6, 6.07) is 8.58. The molecule has 24 heavy (non-hydrogen) atoms. The number of hydrogen-bond acceptors (Lipinski definition) is 3. The Balaban J connectivity index is 2.00. The van der Waals surface area contributed by atoms with Crippen LogP contribution < -0.4 is 10.6 Å². The molecule has 2 N–H and O–H groups in total. The van der Waals surface area contributed by atoms with E-state index in [4.69, 9.17) is 4.99 Å². The first-order valence-corrected chi connectivity index (χ1v) is 9.88. The molecule has 1 aliphatic heterocycles. The van der Waals surface area contributed by atoms with E-state index in [-0.39, 0.29) is 0 Å². The molecular formula is C19H32N4S. The fourth-order valence-corrected chi connectivity index (χ4v) is 4.20.